The molecule has 0 aliphatic rings. The van der Waals surface area contributed by atoms with Gasteiger partial charge in [0, 0.05) is 36.1 Å². The number of alkyl halides is 3. The van der Waals surface area contributed by atoms with Crippen LogP contribution in [0.5, 0.6) is 0 Å². The summed E-state index contributed by atoms with van der Waals surface area (Å²) in [6, 6.07) is 8.74. The first-order chi connectivity index (χ1) is 15.1. The summed E-state index contributed by atoms with van der Waals surface area (Å²) in [6.45, 7) is 3.62. The second-order valence-corrected chi connectivity index (χ2v) is 7.38. The summed E-state index contributed by atoms with van der Waals surface area (Å²) >= 11 is 0. The van der Waals surface area contributed by atoms with Gasteiger partial charge in [-0.1, -0.05) is 0 Å². The van der Waals surface area contributed by atoms with E-state index < -0.39 is 11.7 Å². The molecule has 4 aromatic rings. The summed E-state index contributed by atoms with van der Waals surface area (Å²) in [5.41, 5.74) is 2.85. The Kier molecular flexibility index (Phi) is 5.33. The van der Waals surface area contributed by atoms with Crippen LogP contribution in [0.15, 0.2) is 55.1 Å². The minimum Gasteiger partial charge on any atom is -0.310 e. The Balaban J connectivity index is 1.65. The number of amides is 1. The first kappa shape index (κ1) is 21.4. The van der Waals surface area contributed by atoms with Crippen molar-refractivity contribution < 1.29 is 18.0 Å². The number of carbonyl (C=O) groups is 1. The number of benzene rings is 2. The average Bonchev–Trinajstić information content (AvgIpc) is 2.77. The normalized spacial score (nSPS) is 11.6. The Bertz CT molecular complexity index is 1340. The van der Waals surface area contributed by atoms with Crippen LogP contribution in [0.3, 0.4) is 0 Å². The third-order valence-electron chi connectivity index (χ3n) is 5.13. The number of anilines is 1. The van der Waals surface area contributed by atoms with Gasteiger partial charge in [-0.25, -0.2) is 19.9 Å². The summed E-state index contributed by atoms with van der Waals surface area (Å²) in [4.78, 5) is 31.0. The second-order valence-electron chi connectivity index (χ2n) is 7.38. The van der Waals surface area contributed by atoms with E-state index in [9.17, 15) is 18.0 Å². The number of hydrogen-bond acceptors (Lipinski definition) is 5. The van der Waals surface area contributed by atoms with E-state index in [2.05, 4.69) is 19.9 Å². The zero-order chi connectivity index (χ0) is 23.0. The van der Waals surface area contributed by atoms with Gasteiger partial charge in [0.05, 0.1) is 11.1 Å². The monoisotopic (exact) mass is 437 g/mol. The number of nitrogens with zero attached hydrogens (tertiary/aromatic N) is 5. The molecule has 0 atom stereocenters. The maximum absolute atomic E-state index is 12.9. The SMILES string of the molecule is Cc1cc(-c2ncc3cc(C(F)(F)F)ccc3n2)ccc1N(C)C(=O)c1ncncc1C. The molecule has 32 heavy (non-hydrogen) atoms. The van der Waals surface area contributed by atoms with Crippen molar-refractivity contribution >= 4 is 22.5 Å². The molecular formula is C23H18F3N5O. The molecule has 0 saturated carbocycles. The zero-order valence-corrected chi connectivity index (χ0v) is 17.5. The molecule has 2 heterocycles. The Morgan fingerprint density at radius 2 is 1.75 bits per heavy atom. The summed E-state index contributed by atoms with van der Waals surface area (Å²) < 4.78 is 38.8. The molecule has 0 aliphatic carbocycles. The van der Waals surface area contributed by atoms with Gasteiger partial charge in [-0.05, 0) is 61.4 Å². The van der Waals surface area contributed by atoms with Crippen molar-refractivity contribution in [3.05, 3.63) is 77.5 Å². The van der Waals surface area contributed by atoms with Crippen LogP contribution in [-0.4, -0.2) is 32.9 Å². The fourth-order valence-electron chi connectivity index (χ4n) is 3.41. The number of hydrogen-bond donors (Lipinski definition) is 0. The van der Waals surface area contributed by atoms with E-state index >= 15 is 0 Å². The lowest BCUT2D eigenvalue weighted by Gasteiger charge is -2.20. The van der Waals surface area contributed by atoms with Crippen LogP contribution in [0.1, 0.15) is 27.2 Å². The highest BCUT2D eigenvalue weighted by Gasteiger charge is 2.30. The first-order valence-corrected chi connectivity index (χ1v) is 9.65. The molecule has 0 radical (unpaired) electrons. The van der Waals surface area contributed by atoms with Gasteiger partial charge in [-0.2, -0.15) is 13.2 Å². The van der Waals surface area contributed by atoms with Crippen molar-refractivity contribution in [1.82, 2.24) is 19.9 Å². The summed E-state index contributed by atoms with van der Waals surface area (Å²) in [5.74, 6) is 0.121. The largest absolute Gasteiger partial charge is 0.416 e. The van der Waals surface area contributed by atoms with E-state index in [-0.39, 0.29) is 5.91 Å². The van der Waals surface area contributed by atoms with Gasteiger partial charge in [0.1, 0.15) is 12.0 Å². The fourth-order valence-corrected chi connectivity index (χ4v) is 3.41. The van der Waals surface area contributed by atoms with E-state index in [4.69, 9.17) is 0 Å². The van der Waals surface area contributed by atoms with Gasteiger partial charge >= 0.3 is 6.18 Å². The molecule has 0 fully saturated rings. The maximum atomic E-state index is 12.9. The predicted octanol–water partition coefficient (Wildman–Crippen LogP) is 5.00. The standard InChI is InChI=1S/C23H18F3N5O/c1-13-8-15(4-7-19(13)31(3)22(32)20-14(2)10-27-12-29-20)21-28-11-16-9-17(23(24,25)26)5-6-18(16)30-21/h4-12H,1-3H3. The fraction of sp³-hybridized carbons (Fsp3) is 0.174. The second kappa shape index (κ2) is 7.99. The number of aromatic nitrogens is 4. The molecule has 0 N–H and O–H groups in total. The highest BCUT2D eigenvalue weighted by Crippen LogP contribution is 2.32. The summed E-state index contributed by atoms with van der Waals surface area (Å²) in [6.07, 6.45) is -0.130. The molecular weight excluding hydrogens is 419 g/mol. The van der Waals surface area contributed by atoms with Gasteiger partial charge < -0.3 is 4.90 Å². The molecule has 0 unspecified atom stereocenters. The number of aryl methyl sites for hydroxylation is 2. The van der Waals surface area contributed by atoms with Crippen LogP contribution in [0, 0.1) is 13.8 Å². The molecule has 162 valence electrons. The van der Waals surface area contributed by atoms with Crippen LogP contribution < -0.4 is 4.90 Å². The third-order valence-corrected chi connectivity index (χ3v) is 5.13. The van der Waals surface area contributed by atoms with E-state index in [1.54, 1.807) is 32.3 Å². The van der Waals surface area contributed by atoms with Gasteiger partial charge in [0.25, 0.3) is 5.91 Å². The highest BCUT2D eigenvalue weighted by atomic mass is 19.4. The van der Waals surface area contributed by atoms with Gasteiger partial charge in [-0.15, -0.1) is 0 Å². The molecule has 0 spiro atoms. The Labute approximate surface area is 181 Å². The van der Waals surface area contributed by atoms with Crippen LogP contribution >= 0.6 is 0 Å². The van der Waals surface area contributed by atoms with E-state index in [0.29, 0.717) is 39.2 Å². The van der Waals surface area contributed by atoms with Gasteiger partial charge in [-0.3, -0.25) is 4.79 Å². The molecule has 4 rings (SSSR count). The van der Waals surface area contributed by atoms with E-state index in [0.717, 1.165) is 17.7 Å². The average molecular weight is 437 g/mol. The topological polar surface area (TPSA) is 71.9 Å². The molecule has 6 nitrogen and oxygen atoms in total. The molecule has 1 amide bonds. The highest BCUT2D eigenvalue weighted by molar-refractivity contribution is 6.05. The van der Waals surface area contributed by atoms with Crippen molar-refractivity contribution in [1.29, 1.82) is 0 Å². The van der Waals surface area contributed by atoms with E-state index in [1.165, 1.54) is 23.5 Å². The minimum atomic E-state index is -4.42. The van der Waals surface area contributed by atoms with Crippen LogP contribution in [0.2, 0.25) is 0 Å². The molecule has 0 bridgehead atoms. The van der Waals surface area contributed by atoms with Crippen molar-refractivity contribution in [2.24, 2.45) is 0 Å². The zero-order valence-electron chi connectivity index (χ0n) is 17.5. The van der Waals surface area contributed by atoms with E-state index in [1.807, 2.05) is 13.0 Å². The minimum absolute atomic E-state index is 0.261. The number of rotatable bonds is 3. The maximum Gasteiger partial charge on any atom is 0.416 e. The van der Waals surface area contributed by atoms with Crippen molar-refractivity contribution in [2.45, 2.75) is 20.0 Å². The third kappa shape index (κ3) is 4.01. The number of halogens is 3. The van der Waals surface area contributed by atoms with Crippen LogP contribution in [-0.2, 0) is 6.18 Å². The summed E-state index contributed by atoms with van der Waals surface area (Å²) in [5, 5.41) is 0.308. The van der Waals surface area contributed by atoms with Crippen LogP contribution in [0.25, 0.3) is 22.3 Å². The lowest BCUT2D eigenvalue weighted by Crippen LogP contribution is -2.28. The molecule has 2 aromatic heterocycles. The molecule has 2 aromatic carbocycles. The predicted molar refractivity (Wildman–Crippen MR) is 114 cm³/mol. The lowest BCUT2D eigenvalue weighted by atomic mass is 10.1. The molecule has 0 saturated heterocycles. The first-order valence-electron chi connectivity index (χ1n) is 9.65. The summed E-state index contributed by atoms with van der Waals surface area (Å²) in [7, 11) is 1.66. The Hall–Kier alpha value is -3.88. The quantitative estimate of drug-likeness (QED) is 0.451. The van der Waals surface area contributed by atoms with Gasteiger partial charge in [0.2, 0.25) is 0 Å². The molecule has 9 heteroatoms. The van der Waals surface area contributed by atoms with Gasteiger partial charge in [0.15, 0.2) is 5.82 Å². The Morgan fingerprint density at radius 1 is 0.969 bits per heavy atom. The number of fused-ring (bicyclic) bond motifs is 1. The molecule has 0 aliphatic heterocycles. The van der Waals surface area contributed by atoms with Crippen molar-refractivity contribution in [3.63, 3.8) is 0 Å². The Morgan fingerprint density at radius 3 is 2.44 bits per heavy atom. The number of carbonyl (C=O) groups excluding carboxylic acids is 1. The lowest BCUT2D eigenvalue weighted by molar-refractivity contribution is -0.137. The van der Waals surface area contributed by atoms with Crippen molar-refractivity contribution in [3.8, 4) is 11.4 Å². The van der Waals surface area contributed by atoms with Crippen molar-refractivity contribution in [2.75, 3.05) is 11.9 Å². The van der Waals surface area contributed by atoms with Crippen LogP contribution in [0.4, 0.5) is 18.9 Å². The smallest absolute Gasteiger partial charge is 0.310 e.